The first-order valence-electron chi connectivity index (χ1n) is 4.25. The predicted molar refractivity (Wildman–Crippen MR) is 63.7 cm³/mol. The minimum Gasteiger partial charge on any atom is -0.360 e. The van der Waals surface area contributed by atoms with Crippen LogP contribution in [0.2, 0.25) is 5.02 Å². The van der Waals surface area contributed by atoms with Gasteiger partial charge in [0.05, 0.1) is 11.3 Å². The SMILES string of the molecule is N#Cc1cc[nH]c1-c1cc(Cl)ccc1Br. The van der Waals surface area contributed by atoms with E-state index in [-0.39, 0.29) is 0 Å². The van der Waals surface area contributed by atoms with E-state index in [0.717, 1.165) is 15.7 Å². The molecule has 2 rings (SSSR count). The van der Waals surface area contributed by atoms with Crippen molar-refractivity contribution in [2.45, 2.75) is 0 Å². The summed E-state index contributed by atoms with van der Waals surface area (Å²) in [4.78, 5) is 3.03. The molecular weight excluding hydrogens is 275 g/mol. The van der Waals surface area contributed by atoms with Crippen molar-refractivity contribution in [1.29, 1.82) is 5.26 Å². The number of hydrogen-bond donors (Lipinski definition) is 1. The van der Waals surface area contributed by atoms with Crippen LogP contribution in [0.1, 0.15) is 5.56 Å². The van der Waals surface area contributed by atoms with Crippen LogP contribution < -0.4 is 0 Å². The molecule has 1 aromatic carbocycles. The maximum Gasteiger partial charge on any atom is 0.101 e. The van der Waals surface area contributed by atoms with Gasteiger partial charge in [-0.1, -0.05) is 27.5 Å². The third-order valence-corrected chi connectivity index (χ3v) is 2.99. The lowest BCUT2D eigenvalue weighted by Gasteiger charge is -2.03. The van der Waals surface area contributed by atoms with Crippen LogP contribution in [0, 0.1) is 11.3 Å². The molecule has 1 heterocycles. The smallest absolute Gasteiger partial charge is 0.101 e. The number of H-pyrrole nitrogens is 1. The first kappa shape index (κ1) is 10.3. The highest BCUT2D eigenvalue weighted by Crippen LogP contribution is 2.31. The van der Waals surface area contributed by atoms with E-state index in [4.69, 9.17) is 16.9 Å². The largest absolute Gasteiger partial charge is 0.360 e. The van der Waals surface area contributed by atoms with E-state index in [1.807, 2.05) is 12.1 Å². The molecule has 74 valence electrons. The lowest BCUT2D eigenvalue weighted by atomic mass is 10.1. The molecule has 0 amide bonds. The van der Waals surface area contributed by atoms with Gasteiger partial charge >= 0.3 is 0 Å². The average molecular weight is 282 g/mol. The Morgan fingerprint density at radius 2 is 2.13 bits per heavy atom. The molecule has 0 saturated carbocycles. The third-order valence-electron chi connectivity index (χ3n) is 2.07. The summed E-state index contributed by atoms with van der Waals surface area (Å²) < 4.78 is 0.908. The topological polar surface area (TPSA) is 39.6 Å². The zero-order valence-corrected chi connectivity index (χ0v) is 9.93. The van der Waals surface area contributed by atoms with Gasteiger partial charge in [0.25, 0.3) is 0 Å². The fourth-order valence-corrected chi connectivity index (χ4v) is 1.99. The van der Waals surface area contributed by atoms with Gasteiger partial charge in [0.1, 0.15) is 6.07 Å². The molecule has 0 radical (unpaired) electrons. The van der Waals surface area contributed by atoms with Crippen LogP contribution in [0.3, 0.4) is 0 Å². The maximum atomic E-state index is 8.91. The van der Waals surface area contributed by atoms with E-state index in [1.54, 1.807) is 18.3 Å². The molecular formula is C11H6BrClN2. The molecule has 4 heteroatoms. The molecule has 0 fully saturated rings. The van der Waals surface area contributed by atoms with Crippen LogP contribution >= 0.6 is 27.5 Å². The fourth-order valence-electron chi connectivity index (χ4n) is 1.37. The van der Waals surface area contributed by atoms with Crippen molar-refractivity contribution < 1.29 is 0 Å². The number of rotatable bonds is 1. The summed E-state index contributed by atoms with van der Waals surface area (Å²) >= 11 is 9.34. The van der Waals surface area contributed by atoms with Gasteiger partial charge in [-0.2, -0.15) is 5.26 Å². The first-order chi connectivity index (χ1) is 7.22. The number of nitrogens with one attached hydrogen (secondary N) is 1. The Hall–Kier alpha value is -1.24. The Kier molecular flexibility index (Phi) is 2.81. The lowest BCUT2D eigenvalue weighted by Crippen LogP contribution is -1.83. The zero-order chi connectivity index (χ0) is 10.8. The van der Waals surface area contributed by atoms with Crippen molar-refractivity contribution in [3.63, 3.8) is 0 Å². The van der Waals surface area contributed by atoms with Crippen molar-refractivity contribution in [2.24, 2.45) is 0 Å². The highest BCUT2D eigenvalue weighted by atomic mass is 79.9. The van der Waals surface area contributed by atoms with E-state index in [2.05, 4.69) is 27.0 Å². The normalized spacial score (nSPS) is 9.93. The van der Waals surface area contributed by atoms with Crippen molar-refractivity contribution >= 4 is 27.5 Å². The summed E-state index contributed by atoms with van der Waals surface area (Å²) in [7, 11) is 0. The van der Waals surface area contributed by atoms with Crippen LogP contribution in [0.4, 0.5) is 0 Å². The number of halogens is 2. The van der Waals surface area contributed by atoms with Crippen LogP contribution in [-0.2, 0) is 0 Å². The summed E-state index contributed by atoms with van der Waals surface area (Å²) in [5.74, 6) is 0. The fraction of sp³-hybridized carbons (Fsp3) is 0. The second kappa shape index (κ2) is 4.09. The van der Waals surface area contributed by atoms with E-state index < -0.39 is 0 Å². The van der Waals surface area contributed by atoms with Crippen molar-refractivity contribution in [3.05, 3.63) is 45.5 Å². The molecule has 0 aliphatic heterocycles. The summed E-state index contributed by atoms with van der Waals surface area (Å²) in [5, 5.41) is 9.56. The summed E-state index contributed by atoms with van der Waals surface area (Å²) in [6.07, 6.45) is 1.74. The molecule has 0 aliphatic rings. The summed E-state index contributed by atoms with van der Waals surface area (Å²) in [5.41, 5.74) is 2.29. The molecule has 0 atom stereocenters. The Morgan fingerprint density at radius 3 is 2.87 bits per heavy atom. The molecule has 1 aromatic heterocycles. The van der Waals surface area contributed by atoms with Gasteiger partial charge < -0.3 is 4.98 Å². The molecule has 0 bridgehead atoms. The minimum atomic E-state index is 0.609. The second-order valence-corrected chi connectivity index (χ2v) is 4.29. The number of aromatic nitrogens is 1. The van der Waals surface area contributed by atoms with E-state index in [0.29, 0.717) is 10.6 Å². The Balaban J connectivity index is 2.64. The molecule has 15 heavy (non-hydrogen) atoms. The monoisotopic (exact) mass is 280 g/mol. The van der Waals surface area contributed by atoms with Gasteiger partial charge in [0.15, 0.2) is 0 Å². The van der Waals surface area contributed by atoms with Gasteiger partial charge in [-0.05, 0) is 24.3 Å². The second-order valence-electron chi connectivity index (χ2n) is 3.00. The number of hydrogen-bond acceptors (Lipinski definition) is 1. The van der Waals surface area contributed by atoms with Crippen LogP contribution in [0.15, 0.2) is 34.9 Å². The van der Waals surface area contributed by atoms with Crippen molar-refractivity contribution in [3.8, 4) is 17.3 Å². The van der Waals surface area contributed by atoms with Gasteiger partial charge in [-0.15, -0.1) is 0 Å². The first-order valence-corrected chi connectivity index (χ1v) is 5.42. The molecule has 0 aliphatic carbocycles. The van der Waals surface area contributed by atoms with E-state index in [9.17, 15) is 0 Å². The Bertz CT molecular complexity index is 540. The summed E-state index contributed by atoms with van der Waals surface area (Å²) in [6.45, 7) is 0. The van der Waals surface area contributed by atoms with Crippen molar-refractivity contribution in [2.75, 3.05) is 0 Å². The molecule has 1 N–H and O–H groups in total. The highest BCUT2D eigenvalue weighted by Gasteiger charge is 2.09. The maximum absolute atomic E-state index is 8.91. The number of aromatic amines is 1. The lowest BCUT2D eigenvalue weighted by molar-refractivity contribution is 1.38. The highest BCUT2D eigenvalue weighted by molar-refractivity contribution is 9.10. The standard InChI is InChI=1S/C11H6BrClN2/c12-10-2-1-8(13)5-9(10)11-7(6-14)3-4-15-11/h1-5,15H. The number of benzene rings is 1. The molecule has 0 saturated heterocycles. The third kappa shape index (κ3) is 1.92. The van der Waals surface area contributed by atoms with Gasteiger partial charge in [0.2, 0.25) is 0 Å². The average Bonchev–Trinajstić information content (AvgIpc) is 2.69. The minimum absolute atomic E-state index is 0.609. The molecule has 2 aromatic rings. The molecule has 0 spiro atoms. The quantitative estimate of drug-likeness (QED) is 0.844. The van der Waals surface area contributed by atoms with Crippen molar-refractivity contribution in [1.82, 2.24) is 4.98 Å². The molecule has 0 unspecified atom stereocenters. The van der Waals surface area contributed by atoms with Gasteiger partial charge in [0, 0.05) is 21.3 Å². The van der Waals surface area contributed by atoms with Crippen LogP contribution in [0.5, 0.6) is 0 Å². The summed E-state index contributed by atoms with van der Waals surface area (Å²) in [6, 6.07) is 9.34. The zero-order valence-electron chi connectivity index (χ0n) is 7.59. The van der Waals surface area contributed by atoms with E-state index >= 15 is 0 Å². The van der Waals surface area contributed by atoms with Crippen LogP contribution in [0.25, 0.3) is 11.3 Å². The molecule has 2 nitrogen and oxygen atoms in total. The number of nitriles is 1. The van der Waals surface area contributed by atoms with Gasteiger partial charge in [-0.3, -0.25) is 0 Å². The number of nitrogens with zero attached hydrogens (tertiary/aromatic N) is 1. The Labute approximate surface area is 101 Å². The predicted octanol–water partition coefficient (Wildman–Crippen LogP) is 3.97. The van der Waals surface area contributed by atoms with E-state index in [1.165, 1.54) is 0 Å². The Morgan fingerprint density at radius 1 is 1.33 bits per heavy atom. The van der Waals surface area contributed by atoms with Gasteiger partial charge in [-0.25, -0.2) is 0 Å². The van der Waals surface area contributed by atoms with Crippen LogP contribution in [-0.4, -0.2) is 4.98 Å².